The molecule has 5 N–H and O–H groups in total. The first kappa shape index (κ1) is 20.0. The second kappa shape index (κ2) is 8.35. The topological polar surface area (TPSA) is 127 Å². The number of carbonyl (C=O) groups excluding carboxylic acids is 1. The molecule has 0 amide bonds. The molecule has 7 heteroatoms. The average molecular weight is 364 g/mol. The first-order valence-corrected chi connectivity index (χ1v) is 8.36. The van der Waals surface area contributed by atoms with Crippen LogP contribution in [-0.4, -0.2) is 55.9 Å². The minimum atomic E-state index is -1.39. The van der Waals surface area contributed by atoms with Crippen LogP contribution in [0.1, 0.15) is 36.2 Å². The van der Waals surface area contributed by atoms with Crippen molar-refractivity contribution in [2.24, 2.45) is 5.92 Å². The lowest BCUT2D eigenvalue weighted by Crippen LogP contribution is -2.36. The van der Waals surface area contributed by atoms with Crippen LogP contribution in [0.15, 0.2) is 30.4 Å². The van der Waals surface area contributed by atoms with Gasteiger partial charge in [-0.15, -0.1) is 0 Å². The number of aromatic hydroxyl groups is 2. The number of esters is 1. The summed E-state index contributed by atoms with van der Waals surface area (Å²) in [5.74, 6) is -1.71. The van der Waals surface area contributed by atoms with Gasteiger partial charge in [-0.3, -0.25) is 0 Å². The summed E-state index contributed by atoms with van der Waals surface area (Å²) < 4.78 is 5.38. The lowest BCUT2D eigenvalue weighted by Gasteiger charge is -2.22. The van der Waals surface area contributed by atoms with E-state index in [4.69, 9.17) is 4.74 Å². The number of aliphatic hydroxyl groups excluding tert-OH is 3. The van der Waals surface area contributed by atoms with E-state index in [0.717, 1.165) is 6.07 Å². The van der Waals surface area contributed by atoms with Crippen molar-refractivity contribution >= 4 is 12.0 Å². The van der Waals surface area contributed by atoms with E-state index in [1.165, 1.54) is 24.3 Å². The average Bonchev–Trinajstić information content (AvgIpc) is 2.56. The Morgan fingerprint density at radius 3 is 2.46 bits per heavy atom. The van der Waals surface area contributed by atoms with E-state index in [-0.39, 0.29) is 29.2 Å². The van der Waals surface area contributed by atoms with Gasteiger partial charge in [0.1, 0.15) is 35.4 Å². The molecule has 2 rings (SSSR count). The van der Waals surface area contributed by atoms with Gasteiger partial charge in [-0.05, 0) is 25.0 Å². The third-order valence-electron chi connectivity index (χ3n) is 4.40. The maximum absolute atomic E-state index is 12.5. The molecule has 0 saturated heterocycles. The van der Waals surface area contributed by atoms with Crippen LogP contribution in [0, 0.1) is 5.92 Å². The van der Waals surface area contributed by atoms with Crippen LogP contribution in [0.5, 0.6) is 11.5 Å². The Bertz CT molecular complexity index is 710. The van der Waals surface area contributed by atoms with Gasteiger partial charge in [0.25, 0.3) is 0 Å². The Morgan fingerprint density at radius 2 is 1.77 bits per heavy atom. The number of hydrogen-bond acceptors (Lipinski definition) is 7. The van der Waals surface area contributed by atoms with Gasteiger partial charge in [0.05, 0.1) is 6.10 Å². The van der Waals surface area contributed by atoms with Gasteiger partial charge in [0, 0.05) is 12.0 Å². The maximum Gasteiger partial charge on any atom is 0.342 e. The van der Waals surface area contributed by atoms with Crippen LogP contribution >= 0.6 is 0 Å². The Kier molecular flexibility index (Phi) is 6.42. The predicted octanol–water partition coefficient (Wildman–Crippen LogP) is 1.33. The zero-order valence-corrected chi connectivity index (χ0v) is 14.6. The number of ether oxygens (including phenoxy) is 1. The van der Waals surface area contributed by atoms with Crippen LogP contribution < -0.4 is 0 Å². The predicted molar refractivity (Wildman–Crippen MR) is 94.6 cm³/mol. The Balaban J connectivity index is 2.46. The van der Waals surface area contributed by atoms with Crippen molar-refractivity contribution in [1.82, 2.24) is 0 Å². The van der Waals surface area contributed by atoms with Crippen LogP contribution in [-0.2, 0) is 4.74 Å². The number of phenolic OH excluding ortho intramolecular Hbond substituents is 2. The molecule has 7 nitrogen and oxygen atoms in total. The molecule has 1 aromatic carbocycles. The molecule has 0 aliphatic carbocycles. The molecular formula is C19H24O7. The zero-order valence-electron chi connectivity index (χ0n) is 14.6. The summed E-state index contributed by atoms with van der Waals surface area (Å²) in [6.45, 7) is 3.41. The van der Waals surface area contributed by atoms with Crippen LogP contribution in [0.4, 0.5) is 0 Å². The zero-order chi connectivity index (χ0) is 19.4. The molecule has 0 radical (unpaired) electrons. The van der Waals surface area contributed by atoms with Gasteiger partial charge in [0.15, 0.2) is 0 Å². The molecule has 1 heterocycles. The Morgan fingerprint density at radius 1 is 1.08 bits per heavy atom. The highest BCUT2D eigenvalue weighted by atomic mass is 16.5. The van der Waals surface area contributed by atoms with Crippen molar-refractivity contribution in [3.63, 3.8) is 0 Å². The lowest BCUT2D eigenvalue weighted by atomic mass is 9.99. The third kappa shape index (κ3) is 4.63. The molecule has 26 heavy (non-hydrogen) atoms. The molecule has 0 fully saturated rings. The van der Waals surface area contributed by atoms with E-state index in [1.807, 2.05) is 0 Å². The number of aliphatic hydroxyl groups is 3. The highest BCUT2D eigenvalue weighted by Crippen LogP contribution is 2.30. The number of rotatable bonds is 0. The standard InChI is InChI=1S/C19H24O7/c1-10-6-7-15(22)18(24)14(21)5-3-4-12-8-13(20)9-16(23)17(12)19(25)26-11(10)2/h3-4,6-11,14-15,18,20-24H,5H2,1-2H3/t10-,11?,14?,15?,18?/m1/s1. The van der Waals surface area contributed by atoms with E-state index in [0.29, 0.717) is 0 Å². The molecule has 0 aromatic heterocycles. The first-order valence-electron chi connectivity index (χ1n) is 8.36. The summed E-state index contributed by atoms with van der Waals surface area (Å²) in [6.07, 6.45) is 1.33. The van der Waals surface area contributed by atoms with Gasteiger partial charge in [-0.1, -0.05) is 31.2 Å². The second-order valence-electron chi connectivity index (χ2n) is 6.47. The van der Waals surface area contributed by atoms with Crippen molar-refractivity contribution in [3.8, 4) is 11.5 Å². The minimum Gasteiger partial charge on any atom is -0.508 e. The van der Waals surface area contributed by atoms with E-state index >= 15 is 0 Å². The third-order valence-corrected chi connectivity index (χ3v) is 4.40. The molecule has 1 aromatic rings. The minimum absolute atomic E-state index is 0.0110. The molecular weight excluding hydrogens is 340 g/mol. The van der Waals surface area contributed by atoms with Gasteiger partial charge in [0.2, 0.25) is 0 Å². The lowest BCUT2D eigenvalue weighted by molar-refractivity contribution is -0.0395. The van der Waals surface area contributed by atoms with Crippen LogP contribution in [0.3, 0.4) is 0 Å². The summed E-state index contributed by atoms with van der Waals surface area (Å²) in [5, 5.41) is 49.7. The van der Waals surface area contributed by atoms with Crippen molar-refractivity contribution in [3.05, 3.63) is 41.5 Å². The number of cyclic esters (lactones) is 1. The molecule has 0 bridgehead atoms. The van der Waals surface area contributed by atoms with Gasteiger partial charge < -0.3 is 30.3 Å². The quantitative estimate of drug-likeness (QED) is 0.347. The second-order valence-corrected chi connectivity index (χ2v) is 6.47. The number of fused-ring (bicyclic) bond motifs is 1. The van der Waals surface area contributed by atoms with Crippen molar-refractivity contribution in [1.29, 1.82) is 0 Å². The van der Waals surface area contributed by atoms with Crippen molar-refractivity contribution < 1.29 is 35.1 Å². The van der Waals surface area contributed by atoms with Gasteiger partial charge >= 0.3 is 5.97 Å². The number of hydrogen-bond donors (Lipinski definition) is 5. The number of carbonyl (C=O) groups is 1. The molecule has 0 spiro atoms. The molecule has 5 atom stereocenters. The number of phenols is 2. The fraction of sp³-hybridized carbons (Fsp3) is 0.421. The largest absolute Gasteiger partial charge is 0.508 e. The number of benzene rings is 1. The smallest absolute Gasteiger partial charge is 0.342 e. The van der Waals surface area contributed by atoms with Crippen molar-refractivity contribution in [2.45, 2.75) is 44.7 Å². The Hall–Kier alpha value is -2.35. The molecule has 4 unspecified atom stereocenters. The van der Waals surface area contributed by atoms with Crippen LogP contribution in [0.2, 0.25) is 0 Å². The van der Waals surface area contributed by atoms with Crippen LogP contribution in [0.25, 0.3) is 6.08 Å². The molecule has 1 aliphatic heterocycles. The van der Waals surface area contributed by atoms with E-state index < -0.39 is 36.1 Å². The van der Waals surface area contributed by atoms with E-state index in [2.05, 4.69) is 0 Å². The fourth-order valence-corrected chi connectivity index (χ4v) is 2.58. The summed E-state index contributed by atoms with van der Waals surface area (Å²) in [7, 11) is 0. The monoisotopic (exact) mass is 364 g/mol. The first-order chi connectivity index (χ1) is 12.2. The molecule has 142 valence electrons. The molecule has 1 aliphatic rings. The molecule has 0 saturated carbocycles. The summed E-state index contributed by atoms with van der Waals surface area (Å²) in [6, 6.07) is 2.32. The summed E-state index contributed by atoms with van der Waals surface area (Å²) in [5.41, 5.74) is 0.108. The highest BCUT2D eigenvalue weighted by Gasteiger charge is 2.25. The van der Waals surface area contributed by atoms with Crippen molar-refractivity contribution in [2.75, 3.05) is 0 Å². The fourth-order valence-electron chi connectivity index (χ4n) is 2.58. The maximum atomic E-state index is 12.5. The van der Waals surface area contributed by atoms with Gasteiger partial charge in [-0.2, -0.15) is 0 Å². The Labute approximate surface area is 151 Å². The van der Waals surface area contributed by atoms with E-state index in [1.54, 1.807) is 19.9 Å². The highest BCUT2D eigenvalue weighted by molar-refractivity contribution is 5.97. The van der Waals surface area contributed by atoms with E-state index in [9.17, 15) is 30.3 Å². The normalized spacial score (nSPS) is 30.3. The summed E-state index contributed by atoms with van der Waals surface area (Å²) in [4.78, 5) is 12.5. The van der Waals surface area contributed by atoms with Gasteiger partial charge in [-0.25, -0.2) is 4.79 Å². The summed E-state index contributed by atoms with van der Waals surface area (Å²) >= 11 is 0. The SMILES string of the molecule is CC1OC(=O)c2c(O)cc(O)cc2C=CCC(O)C(O)C(O)C=C[C@H]1C.